The lowest BCUT2D eigenvalue weighted by atomic mass is 10.1. The zero-order valence-electron chi connectivity index (χ0n) is 8.81. The van der Waals surface area contributed by atoms with Crippen LogP contribution < -0.4 is 0 Å². The number of allylic oxidation sites excluding steroid dienone is 1. The SMILES string of the molecule is CC1=NCC2=NC(O)(CCl)C(C)N2C=C1. The third kappa shape index (κ3) is 1.68. The molecule has 2 unspecified atom stereocenters. The van der Waals surface area contributed by atoms with E-state index in [9.17, 15) is 5.11 Å². The van der Waals surface area contributed by atoms with Crippen LogP contribution in [0.25, 0.3) is 0 Å². The maximum Gasteiger partial charge on any atom is 0.192 e. The van der Waals surface area contributed by atoms with Gasteiger partial charge >= 0.3 is 0 Å². The summed E-state index contributed by atoms with van der Waals surface area (Å²) in [6, 6.07) is -0.137. The summed E-state index contributed by atoms with van der Waals surface area (Å²) < 4.78 is 0. The minimum absolute atomic E-state index is 0.102. The first kappa shape index (κ1) is 10.6. The lowest BCUT2D eigenvalue weighted by Gasteiger charge is -2.27. The van der Waals surface area contributed by atoms with Gasteiger partial charge in [-0.25, -0.2) is 4.99 Å². The zero-order chi connectivity index (χ0) is 11.1. The van der Waals surface area contributed by atoms with Crippen molar-refractivity contribution in [2.45, 2.75) is 25.6 Å². The van der Waals surface area contributed by atoms with E-state index in [1.165, 1.54) is 0 Å². The van der Waals surface area contributed by atoms with Gasteiger partial charge in [-0.2, -0.15) is 0 Å². The smallest absolute Gasteiger partial charge is 0.192 e. The van der Waals surface area contributed by atoms with Gasteiger partial charge in [0.2, 0.25) is 0 Å². The van der Waals surface area contributed by atoms with Crippen molar-refractivity contribution >= 4 is 23.1 Å². The number of nitrogens with zero attached hydrogens (tertiary/aromatic N) is 3. The summed E-state index contributed by atoms with van der Waals surface area (Å²) in [5.74, 6) is 0.879. The molecule has 2 heterocycles. The van der Waals surface area contributed by atoms with Crippen LogP contribution in [0.1, 0.15) is 13.8 Å². The number of halogens is 1. The van der Waals surface area contributed by atoms with Gasteiger partial charge in [-0.1, -0.05) is 0 Å². The van der Waals surface area contributed by atoms with E-state index in [2.05, 4.69) is 9.98 Å². The summed E-state index contributed by atoms with van der Waals surface area (Å²) in [5, 5.41) is 10.1. The molecule has 2 aliphatic heterocycles. The fraction of sp³-hybridized carbons (Fsp3) is 0.600. The highest BCUT2D eigenvalue weighted by Crippen LogP contribution is 2.28. The molecule has 0 fully saturated rings. The van der Waals surface area contributed by atoms with Crippen molar-refractivity contribution in [1.82, 2.24) is 4.90 Å². The van der Waals surface area contributed by atoms with E-state index in [-0.39, 0.29) is 11.9 Å². The van der Waals surface area contributed by atoms with Crippen molar-refractivity contribution in [3.05, 3.63) is 12.3 Å². The van der Waals surface area contributed by atoms with Crippen LogP contribution in [0.5, 0.6) is 0 Å². The van der Waals surface area contributed by atoms with Crippen LogP contribution in [0.15, 0.2) is 22.3 Å². The molecule has 82 valence electrons. The van der Waals surface area contributed by atoms with Gasteiger partial charge in [0.05, 0.1) is 18.5 Å². The summed E-state index contributed by atoms with van der Waals surface area (Å²) in [5.41, 5.74) is -0.212. The van der Waals surface area contributed by atoms with E-state index < -0.39 is 5.72 Å². The third-order valence-electron chi connectivity index (χ3n) is 2.85. The van der Waals surface area contributed by atoms with Crippen LogP contribution in [0.3, 0.4) is 0 Å². The Morgan fingerprint density at radius 3 is 3.13 bits per heavy atom. The molecular weight excluding hydrogens is 214 g/mol. The Balaban J connectivity index is 2.34. The summed E-state index contributed by atoms with van der Waals surface area (Å²) in [6.07, 6.45) is 3.82. The van der Waals surface area contributed by atoms with Crippen LogP contribution >= 0.6 is 11.6 Å². The van der Waals surface area contributed by atoms with Crippen LogP contribution in [-0.4, -0.2) is 45.7 Å². The number of rotatable bonds is 1. The van der Waals surface area contributed by atoms with Crippen molar-refractivity contribution in [1.29, 1.82) is 0 Å². The lowest BCUT2D eigenvalue weighted by Crippen LogP contribution is -2.44. The van der Waals surface area contributed by atoms with E-state index in [1.807, 2.05) is 31.0 Å². The third-order valence-corrected chi connectivity index (χ3v) is 3.24. The zero-order valence-corrected chi connectivity index (χ0v) is 9.57. The molecule has 0 radical (unpaired) electrons. The fourth-order valence-corrected chi connectivity index (χ4v) is 2.01. The minimum Gasteiger partial charge on any atom is -0.366 e. The predicted molar refractivity (Wildman–Crippen MR) is 61.5 cm³/mol. The highest BCUT2D eigenvalue weighted by molar-refractivity contribution is 6.18. The Morgan fingerprint density at radius 1 is 1.73 bits per heavy atom. The second-order valence-corrected chi connectivity index (χ2v) is 4.16. The summed E-state index contributed by atoms with van der Waals surface area (Å²) in [6.45, 7) is 4.35. The molecule has 15 heavy (non-hydrogen) atoms. The van der Waals surface area contributed by atoms with Crippen molar-refractivity contribution in [3.8, 4) is 0 Å². The van der Waals surface area contributed by atoms with Gasteiger partial charge in [0.25, 0.3) is 0 Å². The van der Waals surface area contributed by atoms with Gasteiger partial charge in [0.1, 0.15) is 5.84 Å². The highest BCUT2D eigenvalue weighted by atomic mass is 35.5. The molecule has 0 saturated heterocycles. The largest absolute Gasteiger partial charge is 0.366 e. The number of hydrogen-bond acceptors (Lipinski definition) is 4. The highest BCUT2D eigenvalue weighted by Gasteiger charge is 2.43. The fourth-order valence-electron chi connectivity index (χ4n) is 1.73. The van der Waals surface area contributed by atoms with E-state index >= 15 is 0 Å². The Labute approximate surface area is 94.0 Å². The van der Waals surface area contributed by atoms with E-state index in [0.29, 0.717) is 6.54 Å². The molecular formula is C10H14ClN3O. The lowest BCUT2D eigenvalue weighted by molar-refractivity contribution is 0.0357. The maximum atomic E-state index is 10.1. The van der Waals surface area contributed by atoms with Gasteiger partial charge in [-0.15, -0.1) is 11.6 Å². The molecule has 0 aliphatic carbocycles. The Kier molecular flexibility index (Phi) is 2.56. The first-order chi connectivity index (χ1) is 7.07. The molecule has 0 bridgehead atoms. The second-order valence-electron chi connectivity index (χ2n) is 3.90. The molecule has 0 spiro atoms. The van der Waals surface area contributed by atoms with Crippen molar-refractivity contribution in [3.63, 3.8) is 0 Å². The minimum atomic E-state index is -1.18. The van der Waals surface area contributed by atoms with Gasteiger partial charge < -0.3 is 10.0 Å². The van der Waals surface area contributed by atoms with Crippen molar-refractivity contribution in [2.75, 3.05) is 12.4 Å². The molecule has 0 amide bonds. The molecule has 0 aromatic rings. The Hall–Kier alpha value is -0.870. The molecule has 5 heteroatoms. The predicted octanol–water partition coefficient (Wildman–Crippen LogP) is 1.00. The van der Waals surface area contributed by atoms with E-state index in [1.54, 1.807) is 0 Å². The van der Waals surface area contributed by atoms with Crippen LogP contribution in [-0.2, 0) is 0 Å². The normalized spacial score (nSPS) is 34.7. The van der Waals surface area contributed by atoms with E-state index in [0.717, 1.165) is 11.5 Å². The molecule has 0 aromatic heterocycles. The number of fused-ring (bicyclic) bond motifs is 1. The number of aliphatic hydroxyl groups is 1. The molecule has 0 saturated carbocycles. The first-order valence-corrected chi connectivity index (χ1v) is 5.45. The average Bonchev–Trinajstić information content (AvgIpc) is 2.37. The molecule has 1 N–H and O–H groups in total. The topological polar surface area (TPSA) is 48.2 Å². The van der Waals surface area contributed by atoms with Crippen molar-refractivity contribution in [2.24, 2.45) is 9.98 Å². The molecule has 4 nitrogen and oxygen atoms in total. The number of hydrogen-bond donors (Lipinski definition) is 1. The quantitative estimate of drug-likeness (QED) is 0.680. The monoisotopic (exact) mass is 227 g/mol. The maximum absolute atomic E-state index is 10.1. The standard InChI is InChI=1S/C10H14ClN3O/c1-7-3-4-14-8(2)10(15,6-11)13-9(14)5-12-7/h3-4,8,15H,5-6H2,1-2H3. The summed E-state index contributed by atoms with van der Waals surface area (Å²) in [7, 11) is 0. The molecule has 0 aromatic carbocycles. The van der Waals surface area contributed by atoms with Gasteiger partial charge in [0, 0.05) is 11.9 Å². The Bertz CT molecular complexity index is 364. The summed E-state index contributed by atoms with van der Waals surface area (Å²) >= 11 is 5.73. The second kappa shape index (κ2) is 3.61. The van der Waals surface area contributed by atoms with Crippen LogP contribution in [0, 0.1) is 0 Å². The number of aliphatic imine (C=N–C) groups is 2. The van der Waals surface area contributed by atoms with E-state index in [4.69, 9.17) is 11.6 Å². The summed E-state index contributed by atoms with van der Waals surface area (Å²) in [4.78, 5) is 10.5. The van der Waals surface area contributed by atoms with Gasteiger partial charge in [0.15, 0.2) is 5.72 Å². The van der Waals surface area contributed by atoms with Gasteiger partial charge in [-0.05, 0) is 19.9 Å². The number of amidine groups is 1. The van der Waals surface area contributed by atoms with Crippen molar-refractivity contribution < 1.29 is 5.11 Å². The first-order valence-electron chi connectivity index (χ1n) is 4.91. The molecule has 2 aliphatic rings. The molecule has 2 atom stereocenters. The number of alkyl halides is 1. The van der Waals surface area contributed by atoms with Crippen LogP contribution in [0.2, 0.25) is 0 Å². The van der Waals surface area contributed by atoms with Gasteiger partial charge in [-0.3, -0.25) is 4.99 Å². The Morgan fingerprint density at radius 2 is 2.47 bits per heavy atom. The van der Waals surface area contributed by atoms with Crippen LogP contribution in [0.4, 0.5) is 0 Å². The molecule has 2 rings (SSSR count). The average molecular weight is 228 g/mol.